The highest BCUT2D eigenvalue weighted by atomic mass is 35.5. The molecule has 162 valence electrons. The number of hydrogen-bond donors (Lipinski definition) is 1. The maximum atomic E-state index is 12.7. The van der Waals surface area contributed by atoms with E-state index in [1.54, 1.807) is 41.5 Å². The average molecular weight is 440 g/mol. The van der Waals surface area contributed by atoms with E-state index in [2.05, 4.69) is 5.32 Å². The third-order valence-electron chi connectivity index (χ3n) is 4.88. The lowest BCUT2D eigenvalue weighted by Crippen LogP contribution is -2.30. The third kappa shape index (κ3) is 5.67. The molecule has 0 spiro atoms. The number of amides is 2. The first-order valence-electron chi connectivity index (χ1n) is 10.0. The molecule has 0 bridgehead atoms. The van der Waals surface area contributed by atoms with Crippen LogP contribution >= 0.6 is 11.6 Å². The topological polar surface area (TPSA) is 65.8 Å². The summed E-state index contributed by atoms with van der Waals surface area (Å²) in [5.41, 5.74) is 2.91. The molecule has 0 aliphatic carbocycles. The van der Waals surface area contributed by atoms with E-state index >= 15 is 0 Å². The van der Waals surface area contributed by atoms with Crippen LogP contribution in [0.4, 0.5) is 11.4 Å². The Bertz CT molecular complexity index is 1050. The molecule has 1 heterocycles. The van der Waals surface area contributed by atoms with Crippen molar-refractivity contribution in [3.05, 3.63) is 82.8 Å². The van der Waals surface area contributed by atoms with E-state index in [-0.39, 0.29) is 11.8 Å². The Morgan fingerprint density at radius 1 is 1.03 bits per heavy atom. The summed E-state index contributed by atoms with van der Waals surface area (Å²) in [6, 6.07) is 16.2. The van der Waals surface area contributed by atoms with Gasteiger partial charge in [-0.15, -0.1) is 0 Å². The van der Waals surface area contributed by atoms with Gasteiger partial charge in [-0.2, -0.15) is 0 Å². The van der Waals surface area contributed by atoms with Crippen molar-refractivity contribution in [3.63, 3.8) is 0 Å². The molecule has 3 aromatic rings. The summed E-state index contributed by atoms with van der Waals surface area (Å²) in [6.45, 7) is 2.60. The lowest BCUT2D eigenvalue weighted by Gasteiger charge is -2.25. The normalized spacial score (nSPS) is 10.6. The van der Waals surface area contributed by atoms with Crippen molar-refractivity contribution in [1.29, 1.82) is 0 Å². The smallest absolute Gasteiger partial charge is 0.257 e. The van der Waals surface area contributed by atoms with Crippen molar-refractivity contribution in [1.82, 2.24) is 4.90 Å². The summed E-state index contributed by atoms with van der Waals surface area (Å²) in [6.07, 6.45) is 1.99. The summed E-state index contributed by atoms with van der Waals surface area (Å²) in [7, 11) is 3.89. The van der Waals surface area contributed by atoms with Gasteiger partial charge < -0.3 is 19.5 Å². The third-order valence-corrected chi connectivity index (χ3v) is 5.21. The first-order chi connectivity index (χ1) is 14.9. The zero-order valence-corrected chi connectivity index (χ0v) is 18.6. The predicted octanol–water partition coefficient (Wildman–Crippen LogP) is 5.19. The van der Waals surface area contributed by atoms with Gasteiger partial charge in [-0.1, -0.05) is 30.7 Å². The standard InChI is InChI=1S/C24H26ClN3O3/c1-4-23(29)28(16-19-8-7-13-31-19)15-17-14-18(11-12-22(17)27(2)3)26-24(30)20-9-5-6-10-21(20)25/h5-14H,4,15-16H2,1-3H3,(H,26,30). The van der Waals surface area contributed by atoms with E-state index in [1.165, 1.54) is 0 Å². The molecule has 1 N–H and O–H groups in total. The number of carbonyl (C=O) groups excluding carboxylic acids is 2. The highest BCUT2D eigenvalue weighted by Crippen LogP contribution is 2.26. The maximum Gasteiger partial charge on any atom is 0.257 e. The molecule has 2 aromatic carbocycles. The molecule has 0 saturated heterocycles. The zero-order chi connectivity index (χ0) is 22.4. The molecule has 3 rings (SSSR count). The molecule has 0 atom stereocenters. The van der Waals surface area contributed by atoms with Gasteiger partial charge >= 0.3 is 0 Å². The van der Waals surface area contributed by atoms with Gasteiger partial charge in [0.05, 0.1) is 23.4 Å². The van der Waals surface area contributed by atoms with Gasteiger partial charge in [-0.3, -0.25) is 9.59 Å². The van der Waals surface area contributed by atoms with Gasteiger partial charge in [-0.25, -0.2) is 0 Å². The Balaban J connectivity index is 1.87. The summed E-state index contributed by atoms with van der Waals surface area (Å²) in [5, 5.41) is 3.30. The van der Waals surface area contributed by atoms with Crippen LogP contribution in [0.1, 0.15) is 35.0 Å². The van der Waals surface area contributed by atoms with Crippen molar-refractivity contribution in [2.24, 2.45) is 0 Å². The number of furan rings is 1. The van der Waals surface area contributed by atoms with Crippen molar-refractivity contribution < 1.29 is 14.0 Å². The quantitative estimate of drug-likeness (QED) is 0.524. The Kier molecular flexibility index (Phi) is 7.36. The summed E-state index contributed by atoms with van der Waals surface area (Å²) in [5.74, 6) is 0.453. The van der Waals surface area contributed by atoms with E-state index < -0.39 is 0 Å². The highest BCUT2D eigenvalue weighted by molar-refractivity contribution is 6.34. The first-order valence-corrected chi connectivity index (χ1v) is 10.4. The van der Waals surface area contributed by atoms with Gasteiger partial charge in [0, 0.05) is 38.4 Å². The minimum Gasteiger partial charge on any atom is -0.467 e. The predicted molar refractivity (Wildman–Crippen MR) is 123 cm³/mol. The van der Waals surface area contributed by atoms with Crippen LogP contribution in [-0.4, -0.2) is 30.8 Å². The van der Waals surface area contributed by atoms with Gasteiger partial charge in [0.2, 0.25) is 5.91 Å². The van der Waals surface area contributed by atoms with E-state index in [1.807, 2.05) is 50.2 Å². The molecule has 6 nitrogen and oxygen atoms in total. The van der Waals surface area contributed by atoms with Crippen molar-refractivity contribution in [2.75, 3.05) is 24.3 Å². The second-order valence-corrected chi connectivity index (χ2v) is 7.76. The van der Waals surface area contributed by atoms with E-state index in [0.717, 1.165) is 17.0 Å². The number of nitrogens with one attached hydrogen (secondary N) is 1. The lowest BCUT2D eigenvalue weighted by molar-refractivity contribution is -0.132. The number of anilines is 2. The number of benzene rings is 2. The molecule has 7 heteroatoms. The number of nitrogens with zero attached hydrogens (tertiary/aromatic N) is 2. The average Bonchev–Trinajstić information content (AvgIpc) is 3.26. The van der Waals surface area contributed by atoms with Crippen molar-refractivity contribution in [3.8, 4) is 0 Å². The van der Waals surface area contributed by atoms with E-state index in [4.69, 9.17) is 16.0 Å². The van der Waals surface area contributed by atoms with E-state index in [9.17, 15) is 9.59 Å². The molecular formula is C24H26ClN3O3. The Labute approximate surface area is 187 Å². The molecule has 0 fully saturated rings. The molecule has 31 heavy (non-hydrogen) atoms. The van der Waals surface area contributed by atoms with Crippen LogP contribution in [0.25, 0.3) is 0 Å². The van der Waals surface area contributed by atoms with Crippen LogP contribution in [0.3, 0.4) is 0 Å². The number of rotatable bonds is 8. The molecule has 0 aliphatic rings. The summed E-state index contributed by atoms with van der Waals surface area (Å²) in [4.78, 5) is 29.0. The monoisotopic (exact) mass is 439 g/mol. The molecule has 0 aliphatic heterocycles. The minimum absolute atomic E-state index is 0.0200. The fraction of sp³-hybridized carbons (Fsp3) is 0.250. The Hall–Kier alpha value is -3.25. The second kappa shape index (κ2) is 10.2. The van der Waals surface area contributed by atoms with Crippen LogP contribution in [0.5, 0.6) is 0 Å². The van der Waals surface area contributed by atoms with Crippen molar-refractivity contribution in [2.45, 2.75) is 26.4 Å². The van der Waals surface area contributed by atoms with Crippen LogP contribution in [0.15, 0.2) is 65.3 Å². The zero-order valence-electron chi connectivity index (χ0n) is 17.9. The minimum atomic E-state index is -0.286. The molecule has 0 radical (unpaired) electrons. The molecular weight excluding hydrogens is 414 g/mol. The summed E-state index contributed by atoms with van der Waals surface area (Å²) >= 11 is 6.15. The van der Waals surface area contributed by atoms with Gasteiger partial charge in [-0.05, 0) is 48.0 Å². The van der Waals surface area contributed by atoms with Gasteiger partial charge in [0.15, 0.2) is 0 Å². The molecule has 2 amide bonds. The van der Waals surface area contributed by atoms with E-state index in [0.29, 0.717) is 35.8 Å². The fourth-order valence-corrected chi connectivity index (χ4v) is 3.54. The van der Waals surface area contributed by atoms with Crippen LogP contribution in [0.2, 0.25) is 5.02 Å². The number of halogens is 1. The van der Waals surface area contributed by atoms with Gasteiger partial charge in [0.1, 0.15) is 5.76 Å². The Morgan fingerprint density at radius 3 is 2.45 bits per heavy atom. The highest BCUT2D eigenvalue weighted by Gasteiger charge is 2.18. The molecule has 0 unspecified atom stereocenters. The SMILES string of the molecule is CCC(=O)N(Cc1ccco1)Cc1cc(NC(=O)c2ccccc2Cl)ccc1N(C)C. The lowest BCUT2D eigenvalue weighted by atomic mass is 10.1. The molecule has 1 aromatic heterocycles. The maximum absolute atomic E-state index is 12.7. The van der Waals surface area contributed by atoms with Gasteiger partial charge in [0.25, 0.3) is 5.91 Å². The van der Waals surface area contributed by atoms with Crippen LogP contribution < -0.4 is 10.2 Å². The fourth-order valence-electron chi connectivity index (χ4n) is 3.32. The van der Waals surface area contributed by atoms with Crippen molar-refractivity contribution >= 4 is 34.8 Å². The van der Waals surface area contributed by atoms with Crippen LogP contribution in [-0.2, 0) is 17.9 Å². The second-order valence-electron chi connectivity index (χ2n) is 7.35. The Morgan fingerprint density at radius 2 is 1.81 bits per heavy atom. The largest absolute Gasteiger partial charge is 0.467 e. The summed E-state index contributed by atoms with van der Waals surface area (Å²) < 4.78 is 5.44. The number of carbonyl (C=O) groups is 2. The first kappa shape index (κ1) is 22.4. The molecule has 0 saturated carbocycles. The number of hydrogen-bond acceptors (Lipinski definition) is 4. The van der Waals surface area contributed by atoms with Crippen LogP contribution in [0, 0.1) is 0 Å².